The molecule has 0 aliphatic carbocycles. The van der Waals surface area contributed by atoms with Crippen LogP contribution < -0.4 is 11.1 Å². The summed E-state index contributed by atoms with van der Waals surface area (Å²) in [6, 6.07) is 15.0. The van der Waals surface area contributed by atoms with Gasteiger partial charge in [-0.25, -0.2) is 4.79 Å². The van der Waals surface area contributed by atoms with Crippen LogP contribution in [0, 0.1) is 0 Å². The molecule has 0 spiro atoms. The summed E-state index contributed by atoms with van der Waals surface area (Å²) in [5.41, 5.74) is 8.11. The van der Waals surface area contributed by atoms with Gasteiger partial charge in [0.05, 0.1) is 0 Å². The molecule has 0 aromatic heterocycles. The standard InChI is InChI=1S/C15H15BrN2O2/c16-13-6-12(9-17)7-14(8-13)18-15(19)20-10-11-4-2-1-3-5-11/h1-8H,9-10,17H2,(H,18,19). The minimum absolute atomic E-state index is 0.240. The number of carbonyl (C=O) groups is 1. The van der Waals surface area contributed by atoms with Gasteiger partial charge in [-0.05, 0) is 29.3 Å². The molecule has 2 aromatic rings. The molecule has 0 bridgehead atoms. The molecule has 0 atom stereocenters. The molecule has 0 heterocycles. The summed E-state index contributed by atoms with van der Waals surface area (Å²) in [6.45, 7) is 0.650. The fraction of sp³-hybridized carbons (Fsp3) is 0.133. The Hall–Kier alpha value is -1.85. The molecule has 4 nitrogen and oxygen atoms in total. The first kappa shape index (κ1) is 14.6. The average Bonchev–Trinajstić information content (AvgIpc) is 2.45. The van der Waals surface area contributed by atoms with Crippen molar-refractivity contribution < 1.29 is 9.53 Å². The fourth-order valence-electron chi connectivity index (χ4n) is 1.72. The van der Waals surface area contributed by atoms with Gasteiger partial charge < -0.3 is 10.5 Å². The molecular weight excluding hydrogens is 320 g/mol. The van der Waals surface area contributed by atoms with E-state index in [1.54, 1.807) is 6.07 Å². The van der Waals surface area contributed by atoms with Crippen LogP contribution in [-0.4, -0.2) is 6.09 Å². The molecular formula is C15H15BrN2O2. The Bertz CT molecular complexity index is 588. The number of carbonyl (C=O) groups excluding carboxylic acids is 1. The molecule has 0 aliphatic heterocycles. The zero-order chi connectivity index (χ0) is 14.4. The van der Waals surface area contributed by atoms with Crippen molar-refractivity contribution in [1.29, 1.82) is 0 Å². The lowest BCUT2D eigenvalue weighted by molar-refractivity contribution is 0.155. The predicted octanol–water partition coefficient (Wildman–Crippen LogP) is 3.66. The summed E-state index contributed by atoms with van der Waals surface area (Å²) in [5.74, 6) is 0. The van der Waals surface area contributed by atoms with Crippen LogP contribution >= 0.6 is 15.9 Å². The number of hydrogen-bond acceptors (Lipinski definition) is 3. The van der Waals surface area contributed by atoms with Gasteiger partial charge >= 0.3 is 6.09 Å². The smallest absolute Gasteiger partial charge is 0.411 e. The van der Waals surface area contributed by atoms with E-state index in [0.717, 1.165) is 15.6 Å². The molecule has 5 heteroatoms. The Balaban J connectivity index is 1.93. The maximum Gasteiger partial charge on any atom is 0.411 e. The van der Waals surface area contributed by atoms with E-state index in [1.807, 2.05) is 42.5 Å². The van der Waals surface area contributed by atoms with Crippen LogP contribution in [0.1, 0.15) is 11.1 Å². The van der Waals surface area contributed by atoms with Gasteiger partial charge in [-0.1, -0.05) is 46.3 Å². The van der Waals surface area contributed by atoms with Crippen molar-refractivity contribution in [3.63, 3.8) is 0 Å². The number of benzene rings is 2. The SMILES string of the molecule is NCc1cc(Br)cc(NC(=O)OCc2ccccc2)c1. The highest BCUT2D eigenvalue weighted by Gasteiger charge is 2.05. The minimum Gasteiger partial charge on any atom is -0.444 e. The minimum atomic E-state index is -0.491. The summed E-state index contributed by atoms with van der Waals surface area (Å²) >= 11 is 3.37. The van der Waals surface area contributed by atoms with Gasteiger partial charge in [-0.2, -0.15) is 0 Å². The van der Waals surface area contributed by atoms with Gasteiger partial charge in [0.15, 0.2) is 0 Å². The molecule has 0 aliphatic rings. The topological polar surface area (TPSA) is 64.3 Å². The van der Waals surface area contributed by atoms with Crippen LogP contribution in [0.4, 0.5) is 10.5 Å². The Morgan fingerprint density at radius 3 is 2.60 bits per heavy atom. The van der Waals surface area contributed by atoms with E-state index in [9.17, 15) is 4.79 Å². The molecule has 20 heavy (non-hydrogen) atoms. The first-order chi connectivity index (χ1) is 9.67. The number of nitrogens with two attached hydrogens (primary N) is 1. The van der Waals surface area contributed by atoms with Crippen LogP contribution in [-0.2, 0) is 17.9 Å². The summed E-state index contributed by atoms with van der Waals surface area (Å²) in [6.07, 6.45) is -0.491. The van der Waals surface area contributed by atoms with Crippen LogP contribution in [0.3, 0.4) is 0 Å². The lowest BCUT2D eigenvalue weighted by atomic mass is 10.2. The highest BCUT2D eigenvalue weighted by atomic mass is 79.9. The van der Waals surface area contributed by atoms with E-state index in [4.69, 9.17) is 10.5 Å². The number of amides is 1. The van der Waals surface area contributed by atoms with Gasteiger partial charge in [0.1, 0.15) is 6.61 Å². The van der Waals surface area contributed by atoms with Crippen molar-refractivity contribution in [2.75, 3.05) is 5.32 Å². The van der Waals surface area contributed by atoms with Crippen molar-refractivity contribution in [3.8, 4) is 0 Å². The number of halogens is 1. The third-order valence-electron chi connectivity index (χ3n) is 2.65. The quantitative estimate of drug-likeness (QED) is 0.896. The van der Waals surface area contributed by atoms with E-state index < -0.39 is 6.09 Å². The molecule has 0 saturated carbocycles. The second-order valence-electron chi connectivity index (χ2n) is 4.24. The number of anilines is 1. The lowest BCUT2D eigenvalue weighted by Gasteiger charge is -2.09. The molecule has 0 saturated heterocycles. The Kier molecular flexibility index (Phi) is 5.15. The van der Waals surface area contributed by atoms with E-state index >= 15 is 0 Å². The van der Waals surface area contributed by atoms with Crippen LogP contribution in [0.2, 0.25) is 0 Å². The van der Waals surface area contributed by atoms with Crippen LogP contribution in [0.15, 0.2) is 53.0 Å². The number of ether oxygens (including phenoxy) is 1. The largest absolute Gasteiger partial charge is 0.444 e. The first-order valence-corrected chi connectivity index (χ1v) is 6.94. The van der Waals surface area contributed by atoms with Crippen molar-refractivity contribution >= 4 is 27.7 Å². The summed E-state index contributed by atoms with van der Waals surface area (Å²) in [4.78, 5) is 11.7. The van der Waals surface area contributed by atoms with Crippen molar-refractivity contribution in [2.45, 2.75) is 13.2 Å². The van der Waals surface area contributed by atoms with Gasteiger partial charge in [-0.15, -0.1) is 0 Å². The Morgan fingerprint density at radius 1 is 1.15 bits per heavy atom. The van der Waals surface area contributed by atoms with Crippen molar-refractivity contribution in [3.05, 3.63) is 64.1 Å². The third kappa shape index (κ3) is 4.36. The molecule has 0 fully saturated rings. The fourth-order valence-corrected chi connectivity index (χ4v) is 2.26. The molecule has 2 aromatic carbocycles. The Labute approximate surface area is 126 Å². The molecule has 2 rings (SSSR count). The lowest BCUT2D eigenvalue weighted by Crippen LogP contribution is -2.14. The average molecular weight is 335 g/mol. The maximum atomic E-state index is 11.7. The van der Waals surface area contributed by atoms with Crippen LogP contribution in [0.25, 0.3) is 0 Å². The van der Waals surface area contributed by atoms with Crippen molar-refractivity contribution in [2.24, 2.45) is 5.73 Å². The van der Waals surface area contributed by atoms with Gasteiger partial charge in [0, 0.05) is 16.7 Å². The molecule has 1 amide bonds. The highest BCUT2D eigenvalue weighted by molar-refractivity contribution is 9.10. The van der Waals surface area contributed by atoms with Gasteiger partial charge in [0.25, 0.3) is 0 Å². The van der Waals surface area contributed by atoms with Gasteiger partial charge in [-0.3, -0.25) is 5.32 Å². The van der Waals surface area contributed by atoms with E-state index in [-0.39, 0.29) is 6.61 Å². The molecule has 0 radical (unpaired) electrons. The molecule has 104 valence electrons. The van der Waals surface area contributed by atoms with Gasteiger partial charge in [0.2, 0.25) is 0 Å². The number of nitrogens with one attached hydrogen (secondary N) is 1. The van der Waals surface area contributed by atoms with Crippen LogP contribution in [0.5, 0.6) is 0 Å². The number of hydrogen-bond donors (Lipinski definition) is 2. The Morgan fingerprint density at radius 2 is 1.90 bits per heavy atom. The molecule has 3 N–H and O–H groups in total. The maximum absolute atomic E-state index is 11.7. The van der Waals surface area contributed by atoms with E-state index in [2.05, 4.69) is 21.2 Å². The second-order valence-corrected chi connectivity index (χ2v) is 5.15. The first-order valence-electron chi connectivity index (χ1n) is 6.14. The summed E-state index contributed by atoms with van der Waals surface area (Å²) < 4.78 is 6.01. The monoisotopic (exact) mass is 334 g/mol. The van der Waals surface area contributed by atoms with Crippen molar-refractivity contribution in [1.82, 2.24) is 0 Å². The number of rotatable bonds is 4. The second kappa shape index (κ2) is 7.07. The van der Waals surface area contributed by atoms with E-state index in [1.165, 1.54) is 0 Å². The zero-order valence-corrected chi connectivity index (χ0v) is 12.4. The zero-order valence-electron chi connectivity index (χ0n) is 10.8. The normalized spacial score (nSPS) is 10.1. The molecule has 0 unspecified atom stereocenters. The summed E-state index contributed by atoms with van der Waals surface area (Å²) in [7, 11) is 0. The third-order valence-corrected chi connectivity index (χ3v) is 3.11. The predicted molar refractivity (Wildman–Crippen MR) is 82.3 cm³/mol. The highest BCUT2D eigenvalue weighted by Crippen LogP contribution is 2.19. The summed E-state index contributed by atoms with van der Waals surface area (Å²) in [5, 5.41) is 2.68. The van der Waals surface area contributed by atoms with E-state index in [0.29, 0.717) is 12.2 Å².